The first-order valence-corrected chi connectivity index (χ1v) is 9.40. The Kier molecular flexibility index (Phi) is 4.93. The van der Waals surface area contributed by atoms with Crippen LogP contribution in [0.1, 0.15) is 31.2 Å². The van der Waals surface area contributed by atoms with E-state index in [1.807, 2.05) is 47.4 Å². The number of carbonyl (C=O) groups excluding carboxylic acids is 1. The summed E-state index contributed by atoms with van der Waals surface area (Å²) in [5.74, 6) is 0.919. The van der Waals surface area contributed by atoms with Gasteiger partial charge in [-0.05, 0) is 42.7 Å². The van der Waals surface area contributed by atoms with Crippen molar-refractivity contribution >= 4 is 23.6 Å². The largest absolute Gasteiger partial charge is 0.490 e. The number of hydrogen-bond acceptors (Lipinski definition) is 3. The van der Waals surface area contributed by atoms with Crippen molar-refractivity contribution in [2.45, 2.75) is 43.9 Å². The predicted molar refractivity (Wildman–Crippen MR) is 102 cm³/mol. The number of halogens is 1. The number of aromatic nitrogens is 1. The van der Waals surface area contributed by atoms with Gasteiger partial charge in [-0.2, -0.15) is 0 Å². The molecule has 2 atom stereocenters. The first kappa shape index (κ1) is 17.1. The molecule has 0 aliphatic carbocycles. The SMILES string of the molecule is O=C(/C=C/c1ccccc1Cl)N1C2CCC1CC(Oc1ccncc1)C2. The first-order chi connectivity index (χ1) is 12.7. The number of amides is 1. The van der Waals surface area contributed by atoms with E-state index in [9.17, 15) is 4.79 Å². The van der Waals surface area contributed by atoms with Crippen LogP contribution in [0.2, 0.25) is 5.02 Å². The molecule has 0 N–H and O–H groups in total. The van der Waals surface area contributed by atoms with Gasteiger partial charge in [-0.3, -0.25) is 9.78 Å². The van der Waals surface area contributed by atoms with Gasteiger partial charge in [0.1, 0.15) is 11.9 Å². The molecule has 2 saturated heterocycles. The number of hydrogen-bond donors (Lipinski definition) is 0. The first-order valence-electron chi connectivity index (χ1n) is 9.02. The third kappa shape index (κ3) is 3.61. The van der Waals surface area contributed by atoms with E-state index in [-0.39, 0.29) is 24.1 Å². The van der Waals surface area contributed by atoms with Crippen molar-refractivity contribution in [1.29, 1.82) is 0 Å². The summed E-state index contributed by atoms with van der Waals surface area (Å²) in [6.45, 7) is 0. The lowest BCUT2D eigenvalue weighted by molar-refractivity contribution is -0.131. The van der Waals surface area contributed by atoms with Gasteiger partial charge in [0.2, 0.25) is 5.91 Å². The van der Waals surface area contributed by atoms with E-state index in [0.29, 0.717) is 5.02 Å². The second-order valence-corrected chi connectivity index (χ2v) is 7.29. The molecule has 134 valence electrons. The Morgan fingerprint density at radius 2 is 1.81 bits per heavy atom. The minimum Gasteiger partial charge on any atom is -0.490 e. The Hall–Kier alpha value is -2.33. The zero-order chi connectivity index (χ0) is 17.9. The van der Waals surface area contributed by atoms with Crippen LogP contribution in [0.4, 0.5) is 0 Å². The van der Waals surface area contributed by atoms with Crippen LogP contribution in [0.5, 0.6) is 5.75 Å². The maximum absolute atomic E-state index is 12.8. The van der Waals surface area contributed by atoms with Crippen LogP contribution in [0.15, 0.2) is 54.9 Å². The van der Waals surface area contributed by atoms with Gasteiger partial charge in [0.15, 0.2) is 0 Å². The van der Waals surface area contributed by atoms with E-state index in [1.165, 1.54) is 0 Å². The molecule has 26 heavy (non-hydrogen) atoms. The number of rotatable bonds is 4. The molecule has 0 saturated carbocycles. The van der Waals surface area contributed by atoms with Gasteiger partial charge in [-0.25, -0.2) is 0 Å². The molecule has 3 heterocycles. The van der Waals surface area contributed by atoms with Crippen molar-refractivity contribution in [3.63, 3.8) is 0 Å². The van der Waals surface area contributed by atoms with Crippen molar-refractivity contribution in [3.8, 4) is 5.75 Å². The second kappa shape index (κ2) is 7.50. The van der Waals surface area contributed by atoms with Gasteiger partial charge in [-0.1, -0.05) is 29.8 Å². The Labute approximate surface area is 158 Å². The summed E-state index contributed by atoms with van der Waals surface area (Å²) in [5.41, 5.74) is 0.866. The van der Waals surface area contributed by atoms with Crippen molar-refractivity contribution < 1.29 is 9.53 Å². The predicted octanol–water partition coefficient (Wildman–Crippen LogP) is 4.35. The molecule has 0 spiro atoms. The fraction of sp³-hybridized carbons (Fsp3) is 0.333. The summed E-state index contributed by atoms with van der Waals surface area (Å²) in [7, 11) is 0. The second-order valence-electron chi connectivity index (χ2n) is 6.88. The molecule has 5 heteroatoms. The van der Waals surface area contributed by atoms with E-state index in [1.54, 1.807) is 18.5 Å². The molecular formula is C21H21ClN2O2. The van der Waals surface area contributed by atoms with Crippen LogP contribution in [0.25, 0.3) is 6.08 Å². The third-order valence-corrected chi connectivity index (χ3v) is 5.55. The third-order valence-electron chi connectivity index (χ3n) is 5.21. The molecule has 2 aromatic rings. The standard InChI is InChI=1S/C21H21ClN2O2/c22-20-4-2-1-3-15(20)5-8-21(25)24-16-6-7-17(24)14-19(13-16)26-18-9-11-23-12-10-18/h1-5,8-12,16-17,19H,6-7,13-14H2/b8-5+. The normalized spacial score (nSPS) is 24.8. The molecule has 2 fully saturated rings. The highest BCUT2D eigenvalue weighted by Crippen LogP contribution is 2.37. The summed E-state index contributed by atoms with van der Waals surface area (Å²) in [5, 5.41) is 0.656. The quantitative estimate of drug-likeness (QED) is 0.753. The summed E-state index contributed by atoms with van der Waals surface area (Å²) in [6.07, 6.45) is 10.9. The fourth-order valence-electron chi connectivity index (χ4n) is 4.05. The molecule has 2 aliphatic rings. The molecule has 0 radical (unpaired) electrons. The summed E-state index contributed by atoms with van der Waals surface area (Å²) >= 11 is 6.16. The molecular weight excluding hydrogens is 348 g/mol. The highest BCUT2D eigenvalue weighted by Gasteiger charge is 2.43. The van der Waals surface area contributed by atoms with Gasteiger partial charge in [0, 0.05) is 48.4 Å². The lowest BCUT2D eigenvalue weighted by Crippen LogP contribution is -2.48. The average Bonchev–Trinajstić information content (AvgIpc) is 2.93. The fourth-order valence-corrected chi connectivity index (χ4v) is 4.25. The molecule has 1 aromatic heterocycles. The number of pyridine rings is 1. The lowest BCUT2D eigenvalue weighted by atomic mass is 9.99. The van der Waals surface area contributed by atoms with Crippen LogP contribution in [0.3, 0.4) is 0 Å². The summed E-state index contributed by atoms with van der Waals surface area (Å²) in [4.78, 5) is 18.8. The molecule has 2 unspecified atom stereocenters. The maximum atomic E-state index is 12.8. The Morgan fingerprint density at radius 1 is 1.12 bits per heavy atom. The Bertz CT molecular complexity index is 795. The van der Waals surface area contributed by atoms with Crippen LogP contribution >= 0.6 is 11.6 Å². The molecule has 1 amide bonds. The lowest BCUT2D eigenvalue weighted by Gasteiger charge is -2.38. The smallest absolute Gasteiger partial charge is 0.247 e. The summed E-state index contributed by atoms with van der Waals surface area (Å²) in [6, 6.07) is 11.8. The Balaban J connectivity index is 1.41. The number of fused-ring (bicyclic) bond motifs is 2. The molecule has 1 aromatic carbocycles. The van der Waals surface area contributed by atoms with E-state index in [0.717, 1.165) is 37.0 Å². The van der Waals surface area contributed by atoms with Gasteiger partial charge < -0.3 is 9.64 Å². The minimum absolute atomic E-state index is 0.0692. The average molecular weight is 369 g/mol. The van der Waals surface area contributed by atoms with Crippen LogP contribution < -0.4 is 4.74 Å². The number of carbonyl (C=O) groups is 1. The monoisotopic (exact) mass is 368 g/mol. The van der Waals surface area contributed by atoms with E-state index >= 15 is 0 Å². The van der Waals surface area contributed by atoms with Gasteiger partial charge in [0.05, 0.1) is 0 Å². The maximum Gasteiger partial charge on any atom is 0.247 e. The van der Waals surface area contributed by atoms with Gasteiger partial charge in [0.25, 0.3) is 0 Å². The van der Waals surface area contributed by atoms with Gasteiger partial charge >= 0.3 is 0 Å². The number of benzene rings is 1. The highest BCUT2D eigenvalue weighted by atomic mass is 35.5. The van der Waals surface area contributed by atoms with Crippen molar-refractivity contribution in [1.82, 2.24) is 9.88 Å². The van der Waals surface area contributed by atoms with E-state index < -0.39 is 0 Å². The summed E-state index contributed by atoms with van der Waals surface area (Å²) < 4.78 is 6.10. The van der Waals surface area contributed by atoms with Crippen LogP contribution in [-0.2, 0) is 4.79 Å². The van der Waals surface area contributed by atoms with Gasteiger partial charge in [-0.15, -0.1) is 0 Å². The Morgan fingerprint density at radius 3 is 2.50 bits per heavy atom. The highest BCUT2D eigenvalue weighted by molar-refractivity contribution is 6.32. The van der Waals surface area contributed by atoms with E-state index in [4.69, 9.17) is 16.3 Å². The zero-order valence-corrected chi connectivity index (χ0v) is 15.2. The molecule has 2 bridgehead atoms. The number of ether oxygens (including phenoxy) is 1. The number of piperidine rings is 1. The van der Waals surface area contributed by atoms with Crippen LogP contribution in [0, 0.1) is 0 Å². The molecule has 4 nitrogen and oxygen atoms in total. The van der Waals surface area contributed by atoms with Crippen molar-refractivity contribution in [2.24, 2.45) is 0 Å². The topological polar surface area (TPSA) is 42.4 Å². The van der Waals surface area contributed by atoms with Crippen molar-refractivity contribution in [2.75, 3.05) is 0 Å². The number of nitrogens with zero attached hydrogens (tertiary/aromatic N) is 2. The van der Waals surface area contributed by atoms with Crippen LogP contribution in [-0.4, -0.2) is 34.0 Å². The minimum atomic E-state index is 0.0692. The van der Waals surface area contributed by atoms with E-state index in [2.05, 4.69) is 4.98 Å². The zero-order valence-electron chi connectivity index (χ0n) is 14.4. The van der Waals surface area contributed by atoms with Crippen molar-refractivity contribution in [3.05, 3.63) is 65.5 Å². The molecule has 4 rings (SSSR count). The molecule has 2 aliphatic heterocycles.